The van der Waals surface area contributed by atoms with Crippen molar-refractivity contribution in [3.05, 3.63) is 96.6 Å². The van der Waals surface area contributed by atoms with Crippen LogP contribution in [0.15, 0.2) is 95.9 Å². The van der Waals surface area contributed by atoms with Crippen molar-refractivity contribution in [3.8, 4) is 5.75 Å². The van der Waals surface area contributed by atoms with Crippen molar-refractivity contribution in [3.63, 3.8) is 0 Å². The number of carbonyl (C=O) groups is 2. The van der Waals surface area contributed by atoms with Gasteiger partial charge in [0.15, 0.2) is 0 Å². The number of anilines is 2. The van der Waals surface area contributed by atoms with Crippen LogP contribution in [0.5, 0.6) is 5.75 Å². The molecule has 6 heteroatoms. The highest BCUT2D eigenvalue weighted by Crippen LogP contribution is 2.28. The molecular formula is C27H24N2O3S. The second-order valence-electron chi connectivity index (χ2n) is 7.49. The molecular weight excluding hydrogens is 432 g/mol. The average molecular weight is 457 g/mol. The van der Waals surface area contributed by atoms with Gasteiger partial charge in [-0.15, -0.1) is 11.8 Å². The number of hydrogen-bond donors (Lipinski definition) is 2. The Bertz CT molecular complexity index is 1280. The second-order valence-corrected chi connectivity index (χ2v) is 8.90. The first-order valence-corrected chi connectivity index (χ1v) is 11.4. The molecule has 33 heavy (non-hydrogen) atoms. The summed E-state index contributed by atoms with van der Waals surface area (Å²) in [7, 11) is 1.57. The minimum Gasteiger partial charge on any atom is -0.497 e. The molecule has 166 valence electrons. The van der Waals surface area contributed by atoms with Gasteiger partial charge >= 0.3 is 0 Å². The first-order chi connectivity index (χ1) is 16.0. The van der Waals surface area contributed by atoms with Crippen molar-refractivity contribution >= 4 is 45.7 Å². The van der Waals surface area contributed by atoms with E-state index in [9.17, 15) is 9.59 Å². The highest BCUT2D eigenvalue weighted by molar-refractivity contribution is 8.00. The monoisotopic (exact) mass is 456 g/mol. The Labute approximate surface area is 197 Å². The zero-order valence-corrected chi connectivity index (χ0v) is 19.2. The highest BCUT2D eigenvalue weighted by Gasteiger charge is 2.16. The summed E-state index contributed by atoms with van der Waals surface area (Å²) in [5.74, 6) is 0.356. The lowest BCUT2D eigenvalue weighted by molar-refractivity contribution is -0.115. The second kappa shape index (κ2) is 10.2. The predicted molar refractivity (Wildman–Crippen MR) is 135 cm³/mol. The molecule has 2 N–H and O–H groups in total. The quantitative estimate of drug-likeness (QED) is 0.324. The lowest BCUT2D eigenvalue weighted by atomic mass is 10.1. The van der Waals surface area contributed by atoms with E-state index in [1.54, 1.807) is 31.4 Å². The molecule has 0 heterocycles. The van der Waals surface area contributed by atoms with Crippen LogP contribution in [0, 0.1) is 0 Å². The van der Waals surface area contributed by atoms with Crippen LogP contribution in [-0.4, -0.2) is 24.2 Å². The van der Waals surface area contributed by atoms with Crippen molar-refractivity contribution in [2.75, 3.05) is 17.7 Å². The zero-order valence-electron chi connectivity index (χ0n) is 18.4. The Morgan fingerprint density at radius 2 is 1.58 bits per heavy atom. The Hall–Kier alpha value is -3.77. The molecule has 0 saturated carbocycles. The number of fused-ring (bicyclic) bond motifs is 1. The summed E-state index contributed by atoms with van der Waals surface area (Å²) in [5, 5.41) is 7.73. The van der Waals surface area contributed by atoms with Crippen molar-refractivity contribution in [1.29, 1.82) is 0 Å². The number of amides is 2. The Kier molecular flexibility index (Phi) is 6.95. The predicted octanol–water partition coefficient (Wildman–Crippen LogP) is 6.22. The van der Waals surface area contributed by atoms with E-state index in [4.69, 9.17) is 4.74 Å². The average Bonchev–Trinajstić information content (AvgIpc) is 2.85. The van der Waals surface area contributed by atoms with Crippen molar-refractivity contribution < 1.29 is 14.3 Å². The van der Waals surface area contributed by atoms with Crippen LogP contribution < -0.4 is 15.4 Å². The van der Waals surface area contributed by atoms with Crippen LogP contribution in [0.4, 0.5) is 11.4 Å². The molecule has 1 unspecified atom stereocenters. The topological polar surface area (TPSA) is 67.4 Å². The molecule has 0 saturated heterocycles. The molecule has 2 amide bonds. The fourth-order valence-corrected chi connectivity index (χ4v) is 4.28. The van der Waals surface area contributed by atoms with Crippen molar-refractivity contribution in [2.24, 2.45) is 0 Å². The Balaban J connectivity index is 1.37. The van der Waals surface area contributed by atoms with E-state index in [-0.39, 0.29) is 17.1 Å². The van der Waals surface area contributed by atoms with Gasteiger partial charge in [0.05, 0.1) is 12.4 Å². The number of carbonyl (C=O) groups excluding carboxylic acids is 2. The Morgan fingerprint density at radius 3 is 2.36 bits per heavy atom. The van der Waals surface area contributed by atoms with Gasteiger partial charge in [-0.25, -0.2) is 0 Å². The molecule has 4 aromatic carbocycles. The van der Waals surface area contributed by atoms with Crippen LogP contribution in [0.2, 0.25) is 0 Å². The van der Waals surface area contributed by atoms with Crippen LogP contribution in [0.3, 0.4) is 0 Å². The van der Waals surface area contributed by atoms with Gasteiger partial charge in [0.1, 0.15) is 5.75 Å². The normalized spacial score (nSPS) is 11.6. The van der Waals surface area contributed by atoms with E-state index < -0.39 is 0 Å². The lowest BCUT2D eigenvalue weighted by Gasteiger charge is -2.14. The molecule has 0 bridgehead atoms. The first-order valence-electron chi connectivity index (χ1n) is 10.5. The number of nitrogens with one attached hydrogen (secondary N) is 2. The van der Waals surface area contributed by atoms with E-state index in [0.29, 0.717) is 17.0 Å². The summed E-state index contributed by atoms with van der Waals surface area (Å²) in [5.41, 5.74) is 2.01. The molecule has 0 aliphatic heterocycles. The van der Waals surface area contributed by atoms with E-state index in [2.05, 4.69) is 10.6 Å². The molecule has 4 rings (SSSR count). The SMILES string of the molecule is COc1cccc(C(=O)Nc2ccc(SC(C)C(=O)Nc3cccc4ccccc34)cc2)c1. The Morgan fingerprint density at radius 1 is 0.848 bits per heavy atom. The molecule has 1 atom stereocenters. The molecule has 5 nitrogen and oxygen atoms in total. The first kappa shape index (κ1) is 22.4. The molecule has 4 aromatic rings. The molecule has 0 aromatic heterocycles. The number of rotatable bonds is 7. The van der Waals surface area contributed by atoms with Crippen molar-refractivity contribution in [1.82, 2.24) is 0 Å². The van der Waals surface area contributed by atoms with Gasteiger partial charge in [0, 0.05) is 27.2 Å². The lowest BCUT2D eigenvalue weighted by Crippen LogP contribution is -2.22. The molecule has 0 aliphatic carbocycles. The third-order valence-electron chi connectivity index (χ3n) is 5.17. The fraction of sp³-hybridized carbons (Fsp3) is 0.111. The maximum atomic E-state index is 12.8. The van der Waals surface area contributed by atoms with Crippen molar-refractivity contribution in [2.45, 2.75) is 17.1 Å². The van der Waals surface area contributed by atoms with Crippen LogP contribution in [-0.2, 0) is 4.79 Å². The standard InChI is InChI=1S/C27H24N2O3S/c1-18(26(30)29-25-12-6-8-19-7-3-4-11-24(19)25)33-23-15-13-21(14-16-23)28-27(31)20-9-5-10-22(17-20)32-2/h3-18H,1-2H3,(H,28,31)(H,29,30). The minimum atomic E-state index is -0.291. The van der Waals surface area contributed by atoms with E-state index >= 15 is 0 Å². The zero-order chi connectivity index (χ0) is 23.2. The fourth-order valence-electron chi connectivity index (χ4n) is 3.41. The van der Waals surface area contributed by atoms with E-state index in [1.165, 1.54) is 11.8 Å². The third kappa shape index (κ3) is 5.54. The number of thioether (sulfide) groups is 1. The summed E-state index contributed by atoms with van der Waals surface area (Å²) in [4.78, 5) is 26.2. The number of benzene rings is 4. The number of ether oxygens (including phenoxy) is 1. The van der Waals surface area contributed by atoms with Gasteiger partial charge < -0.3 is 15.4 Å². The van der Waals surface area contributed by atoms with E-state index in [0.717, 1.165) is 21.4 Å². The summed E-state index contributed by atoms with van der Waals surface area (Å²) in [6, 6.07) is 28.3. The van der Waals surface area contributed by atoms with Crippen LogP contribution in [0.25, 0.3) is 10.8 Å². The molecule has 0 spiro atoms. The smallest absolute Gasteiger partial charge is 0.255 e. The summed E-state index contributed by atoms with van der Waals surface area (Å²) in [6.07, 6.45) is 0. The summed E-state index contributed by atoms with van der Waals surface area (Å²) < 4.78 is 5.17. The highest BCUT2D eigenvalue weighted by atomic mass is 32.2. The van der Waals surface area contributed by atoms with Gasteiger partial charge in [0.25, 0.3) is 5.91 Å². The van der Waals surface area contributed by atoms with Gasteiger partial charge in [0.2, 0.25) is 5.91 Å². The number of hydrogen-bond acceptors (Lipinski definition) is 4. The number of methoxy groups -OCH3 is 1. The summed E-state index contributed by atoms with van der Waals surface area (Å²) >= 11 is 1.46. The van der Waals surface area contributed by atoms with Crippen LogP contribution in [0.1, 0.15) is 17.3 Å². The molecule has 0 radical (unpaired) electrons. The summed E-state index contributed by atoms with van der Waals surface area (Å²) in [6.45, 7) is 1.88. The van der Waals surface area contributed by atoms with Gasteiger partial charge in [-0.05, 0) is 60.8 Å². The van der Waals surface area contributed by atoms with E-state index in [1.807, 2.05) is 73.7 Å². The van der Waals surface area contributed by atoms with Gasteiger partial charge in [-0.3, -0.25) is 9.59 Å². The molecule has 0 aliphatic rings. The van der Waals surface area contributed by atoms with Gasteiger partial charge in [-0.1, -0.05) is 42.5 Å². The minimum absolute atomic E-state index is 0.0632. The molecule has 0 fully saturated rings. The van der Waals surface area contributed by atoms with Crippen LogP contribution >= 0.6 is 11.8 Å². The maximum absolute atomic E-state index is 12.8. The largest absolute Gasteiger partial charge is 0.497 e. The maximum Gasteiger partial charge on any atom is 0.255 e. The van der Waals surface area contributed by atoms with Gasteiger partial charge in [-0.2, -0.15) is 0 Å². The third-order valence-corrected chi connectivity index (χ3v) is 6.29.